The molecule has 3 N–H and O–H groups in total. The molecule has 4 nitrogen and oxygen atoms in total. The number of hydrogen-bond donors (Lipinski definition) is 3. The van der Waals surface area contributed by atoms with Crippen molar-refractivity contribution in [1.82, 2.24) is 0 Å². The molecule has 0 spiro atoms. The van der Waals surface area contributed by atoms with Crippen molar-refractivity contribution in [3.8, 4) is 0 Å². The van der Waals surface area contributed by atoms with Crippen molar-refractivity contribution >= 4 is 23.5 Å². The van der Waals surface area contributed by atoms with Crippen LogP contribution in [0.5, 0.6) is 0 Å². The first-order valence-corrected chi connectivity index (χ1v) is 3.83. The first-order valence-electron chi connectivity index (χ1n) is 3.83. The molecule has 1 aliphatic heterocycles. The van der Waals surface area contributed by atoms with Gasteiger partial charge in [0.1, 0.15) is 35.7 Å². The minimum atomic E-state index is -2.40. The Bertz CT molecular complexity index is 207. The van der Waals surface area contributed by atoms with Gasteiger partial charge in [0.2, 0.25) is 0 Å². The second-order valence-electron chi connectivity index (χ2n) is 3.38. The van der Waals surface area contributed by atoms with Crippen molar-refractivity contribution in [1.29, 1.82) is 0 Å². The van der Waals surface area contributed by atoms with Crippen LogP contribution in [0.15, 0.2) is 0 Å². The van der Waals surface area contributed by atoms with Gasteiger partial charge < -0.3 is 20.1 Å². The molecule has 1 saturated heterocycles. The molecule has 0 amide bonds. The molecule has 0 aromatic heterocycles. The molecule has 7 heteroatoms. The third kappa shape index (κ3) is 1.54. The predicted octanol–water partition coefficient (Wildman–Crippen LogP) is -3.03. The van der Waals surface area contributed by atoms with E-state index in [9.17, 15) is 15.3 Å². The van der Waals surface area contributed by atoms with Gasteiger partial charge in [0.05, 0.1) is 11.6 Å². The van der Waals surface area contributed by atoms with Gasteiger partial charge in [0.15, 0.2) is 0 Å². The highest BCUT2D eigenvalue weighted by molar-refractivity contribution is 6.44. The van der Waals surface area contributed by atoms with Crippen LogP contribution in [0.3, 0.4) is 0 Å². The lowest BCUT2D eigenvalue weighted by Crippen LogP contribution is -2.62. The maximum atomic E-state index is 9.40. The lowest BCUT2D eigenvalue weighted by molar-refractivity contribution is -0.0818. The predicted molar refractivity (Wildman–Crippen MR) is 47.5 cm³/mol. The van der Waals surface area contributed by atoms with Crippen LogP contribution >= 0.6 is 0 Å². The van der Waals surface area contributed by atoms with Gasteiger partial charge in [-0.1, -0.05) is 0 Å². The maximum absolute atomic E-state index is 9.40. The molecule has 0 aromatic rings. The van der Waals surface area contributed by atoms with E-state index in [4.69, 9.17) is 28.3 Å². The Morgan fingerprint density at radius 1 is 1.38 bits per heavy atom. The molecular formula is C6H9B3O4. The first kappa shape index (κ1) is 11.1. The van der Waals surface area contributed by atoms with Crippen LogP contribution in [0, 0.1) is 0 Å². The van der Waals surface area contributed by atoms with Crippen molar-refractivity contribution < 1.29 is 20.1 Å². The molecule has 0 aromatic carbocycles. The summed E-state index contributed by atoms with van der Waals surface area (Å²) >= 11 is 0. The summed E-state index contributed by atoms with van der Waals surface area (Å²) in [6.07, 6.45) is -3.48. The van der Waals surface area contributed by atoms with E-state index in [0.29, 0.717) is 0 Å². The van der Waals surface area contributed by atoms with E-state index in [1.54, 1.807) is 0 Å². The van der Waals surface area contributed by atoms with E-state index >= 15 is 0 Å². The summed E-state index contributed by atoms with van der Waals surface area (Å²) in [4.78, 5) is 0. The molecule has 66 valence electrons. The van der Waals surface area contributed by atoms with E-state index in [-0.39, 0.29) is 0 Å². The summed E-state index contributed by atoms with van der Waals surface area (Å²) in [7, 11) is 15.6. The second-order valence-corrected chi connectivity index (χ2v) is 3.38. The Labute approximate surface area is 80.5 Å². The number of hydrogen-bond acceptors (Lipinski definition) is 4. The summed E-state index contributed by atoms with van der Waals surface area (Å²) in [5, 5.41) is 25.5. The van der Waals surface area contributed by atoms with Crippen molar-refractivity contribution in [2.24, 2.45) is 0 Å². The molecule has 6 radical (unpaired) electrons. The van der Waals surface area contributed by atoms with Crippen molar-refractivity contribution in [2.75, 3.05) is 0 Å². The Hall–Kier alpha value is 0.0348. The van der Waals surface area contributed by atoms with Crippen molar-refractivity contribution in [3.63, 3.8) is 0 Å². The number of rotatable bonds is 1. The Morgan fingerprint density at radius 2 is 1.85 bits per heavy atom. The lowest BCUT2D eigenvalue weighted by atomic mass is 9.48. The summed E-state index contributed by atoms with van der Waals surface area (Å²) in [6.45, 7) is 1.48. The van der Waals surface area contributed by atoms with Crippen LogP contribution < -0.4 is 0 Å². The quantitative estimate of drug-likeness (QED) is 0.373. The SMILES string of the molecule is [B]C([B])(O)[C@@]1([B])OC(C)C(O)C1O. The van der Waals surface area contributed by atoms with Crippen molar-refractivity contribution in [2.45, 2.75) is 36.1 Å². The lowest BCUT2D eigenvalue weighted by Gasteiger charge is -2.40. The average Bonchev–Trinajstić information content (AvgIpc) is 2.15. The van der Waals surface area contributed by atoms with Gasteiger partial charge in [-0.05, 0) is 6.92 Å². The first-order chi connectivity index (χ1) is 5.70. The molecule has 0 aliphatic carbocycles. The van der Waals surface area contributed by atoms with E-state index in [1.165, 1.54) is 6.92 Å². The topological polar surface area (TPSA) is 69.9 Å². The highest BCUT2D eigenvalue weighted by Gasteiger charge is 2.55. The third-order valence-electron chi connectivity index (χ3n) is 2.25. The fourth-order valence-corrected chi connectivity index (χ4v) is 1.29. The van der Waals surface area contributed by atoms with Crippen LogP contribution in [0.25, 0.3) is 0 Å². The van der Waals surface area contributed by atoms with E-state index in [1.807, 2.05) is 0 Å². The summed E-state index contributed by atoms with van der Waals surface area (Å²) in [6, 6.07) is 0. The second kappa shape index (κ2) is 3.02. The molecule has 1 rings (SSSR count). The molecule has 1 heterocycles. The normalized spacial score (nSPS) is 46.6. The van der Waals surface area contributed by atoms with Crippen LogP contribution in [0.4, 0.5) is 0 Å². The van der Waals surface area contributed by atoms with Gasteiger partial charge in [-0.2, -0.15) is 0 Å². The monoisotopic (exact) mass is 178 g/mol. The van der Waals surface area contributed by atoms with Crippen LogP contribution in [0.1, 0.15) is 6.92 Å². The average molecular weight is 178 g/mol. The standard InChI is InChI=1S/C6H9B3O4/c1-2-3(10)4(11)5(7,13-2)6(8,9)12/h2-4,10-12H,1H3/t2?,3?,4?,5-/m0/s1. The molecule has 4 atom stereocenters. The maximum Gasteiger partial charge on any atom is 0.119 e. The Kier molecular flexibility index (Phi) is 2.58. The highest BCUT2D eigenvalue weighted by Crippen LogP contribution is 2.34. The largest absolute Gasteiger partial charge is 0.407 e. The molecule has 1 aliphatic rings. The van der Waals surface area contributed by atoms with Crippen molar-refractivity contribution in [3.05, 3.63) is 0 Å². The van der Waals surface area contributed by atoms with Crippen LogP contribution in [-0.4, -0.2) is 68.1 Å². The van der Waals surface area contributed by atoms with Gasteiger partial charge in [-0.3, -0.25) is 0 Å². The number of aliphatic hydroxyl groups excluding tert-OH is 2. The number of ether oxygens (including phenoxy) is 1. The van der Waals surface area contributed by atoms with Gasteiger partial charge >= 0.3 is 0 Å². The summed E-state index contributed by atoms with van der Waals surface area (Å²) < 4.78 is 4.92. The molecule has 1 fully saturated rings. The minimum Gasteiger partial charge on any atom is -0.407 e. The van der Waals surface area contributed by atoms with Gasteiger partial charge in [0, 0.05) is 5.40 Å². The molecule has 0 saturated carbocycles. The zero-order valence-electron chi connectivity index (χ0n) is 7.21. The highest BCUT2D eigenvalue weighted by atomic mass is 16.6. The fourth-order valence-electron chi connectivity index (χ4n) is 1.29. The minimum absolute atomic E-state index is 0.737. The van der Waals surface area contributed by atoms with Gasteiger partial charge in [-0.25, -0.2) is 0 Å². The zero-order chi connectivity index (χ0) is 10.4. The van der Waals surface area contributed by atoms with Crippen LogP contribution in [-0.2, 0) is 4.74 Å². The Balaban J connectivity index is 2.94. The third-order valence-corrected chi connectivity index (χ3v) is 2.25. The van der Waals surface area contributed by atoms with Gasteiger partial charge in [-0.15, -0.1) is 0 Å². The van der Waals surface area contributed by atoms with Crippen LogP contribution in [0.2, 0.25) is 0 Å². The molecular weight excluding hydrogens is 168 g/mol. The van der Waals surface area contributed by atoms with E-state index in [2.05, 4.69) is 0 Å². The smallest absolute Gasteiger partial charge is 0.119 e. The van der Waals surface area contributed by atoms with E-state index < -0.39 is 29.2 Å². The number of aliphatic hydroxyl groups is 3. The molecule has 13 heavy (non-hydrogen) atoms. The summed E-state index contributed by atoms with van der Waals surface area (Å²) in [5.74, 6) is 0. The molecule has 3 unspecified atom stereocenters. The fraction of sp³-hybridized carbons (Fsp3) is 1.00. The van der Waals surface area contributed by atoms with E-state index in [0.717, 1.165) is 0 Å². The zero-order valence-corrected chi connectivity index (χ0v) is 7.21. The molecule has 0 bridgehead atoms. The Morgan fingerprint density at radius 3 is 2.00 bits per heavy atom. The summed E-state index contributed by atoms with van der Waals surface area (Å²) in [5.41, 5.74) is -2.05. The van der Waals surface area contributed by atoms with Gasteiger partial charge in [0.25, 0.3) is 0 Å².